The first kappa shape index (κ1) is 23.3. The topological polar surface area (TPSA) is 97.5 Å². The van der Waals surface area contributed by atoms with Gasteiger partial charge >= 0.3 is 0 Å². The van der Waals surface area contributed by atoms with E-state index in [1.807, 2.05) is 12.1 Å². The first-order valence-electron chi connectivity index (χ1n) is 9.29. The van der Waals surface area contributed by atoms with Gasteiger partial charge in [-0.15, -0.1) is 11.3 Å². The van der Waals surface area contributed by atoms with Crippen LogP contribution >= 0.6 is 46.3 Å². The predicted molar refractivity (Wildman–Crippen MR) is 120 cm³/mol. The summed E-state index contributed by atoms with van der Waals surface area (Å²) in [5.41, 5.74) is 6.77. The van der Waals surface area contributed by atoms with E-state index in [0.717, 1.165) is 16.4 Å². The Hall–Kier alpha value is -1.36. The van der Waals surface area contributed by atoms with Gasteiger partial charge in [-0.2, -0.15) is 0 Å². The van der Waals surface area contributed by atoms with E-state index in [4.69, 9.17) is 33.7 Å². The average Bonchev–Trinajstić information content (AvgIpc) is 3.15. The highest BCUT2D eigenvalue weighted by molar-refractivity contribution is 8.01. The van der Waals surface area contributed by atoms with Gasteiger partial charge in [0, 0.05) is 31.6 Å². The molecule has 3 N–H and O–H groups in total. The molecular weight excluding hydrogens is 467 g/mol. The van der Waals surface area contributed by atoms with Gasteiger partial charge in [0.2, 0.25) is 11.8 Å². The zero-order chi connectivity index (χ0) is 21.5. The third-order valence-corrected chi connectivity index (χ3v) is 7.32. The fraction of sp³-hybridized carbons (Fsp3) is 0.421. The summed E-state index contributed by atoms with van der Waals surface area (Å²) < 4.78 is 6.51. The Morgan fingerprint density at radius 1 is 1.40 bits per heavy atom. The highest BCUT2D eigenvalue weighted by Gasteiger charge is 2.22. The Bertz CT molecular complexity index is 896. The number of amides is 2. The third-order valence-electron chi connectivity index (χ3n) is 4.39. The SMILES string of the molecule is NC(=O)Cc1csc(SCC(=O)NCC2CN(Cc3cccc(Cl)c3Cl)CCO2)n1. The number of primary amides is 1. The number of hydrogen-bond donors (Lipinski definition) is 2. The number of halogens is 2. The fourth-order valence-corrected chi connectivity index (χ4v) is 5.03. The van der Waals surface area contributed by atoms with Crippen LogP contribution in [0.5, 0.6) is 0 Å². The standard InChI is InChI=1S/C19H22Cl2N4O3S2/c20-15-3-1-2-12(18(15)21)8-25-4-5-28-14(9-25)7-23-17(27)11-30-19-24-13(10-29-19)6-16(22)26/h1-3,10,14H,4-9,11H2,(H2,22,26)(H,23,27). The number of nitrogens with two attached hydrogens (primary N) is 1. The molecule has 1 aromatic heterocycles. The van der Waals surface area contributed by atoms with Crippen molar-refractivity contribution >= 4 is 58.1 Å². The molecule has 1 aliphatic heterocycles. The van der Waals surface area contributed by atoms with E-state index in [2.05, 4.69) is 15.2 Å². The van der Waals surface area contributed by atoms with Crippen molar-refractivity contribution in [3.63, 3.8) is 0 Å². The Balaban J connectivity index is 1.40. The zero-order valence-corrected chi connectivity index (χ0v) is 19.3. The van der Waals surface area contributed by atoms with Crippen molar-refractivity contribution in [2.24, 2.45) is 5.73 Å². The summed E-state index contributed by atoms with van der Waals surface area (Å²) in [6, 6.07) is 5.62. The molecule has 3 rings (SSSR count). The molecule has 162 valence electrons. The van der Waals surface area contributed by atoms with Gasteiger partial charge in [0.1, 0.15) is 0 Å². The molecule has 2 amide bonds. The Morgan fingerprint density at radius 3 is 3.03 bits per heavy atom. The number of ether oxygens (including phenoxy) is 1. The second kappa shape index (κ2) is 11.3. The molecule has 30 heavy (non-hydrogen) atoms. The molecule has 0 spiro atoms. The van der Waals surface area contributed by atoms with E-state index in [-0.39, 0.29) is 24.2 Å². The molecule has 1 aliphatic rings. The maximum Gasteiger partial charge on any atom is 0.230 e. The quantitative estimate of drug-likeness (QED) is 0.526. The summed E-state index contributed by atoms with van der Waals surface area (Å²) in [5.74, 6) is -0.267. The maximum absolute atomic E-state index is 12.2. The number of carbonyl (C=O) groups is 2. The van der Waals surface area contributed by atoms with Crippen LogP contribution in [-0.2, 0) is 27.3 Å². The molecule has 11 heteroatoms. The van der Waals surface area contributed by atoms with Crippen molar-refractivity contribution in [3.8, 4) is 0 Å². The van der Waals surface area contributed by atoms with Crippen molar-refractivity contribution < 1.29 is 14.3 Å². The van der Waals surface area contributed by atoms with Crippen molar-refractivity contribution in [2.45, 2.75) is 23.4 Å². The van der Waals surface area contributed by atoms with Crippen LogP contribution in [-0.4, -0.2) is 59.8 Å². The number of thiazole rings is 1. The average molecular weight is 489 g/mol. The Morgan fingerprint density at radius 2 is 2.23 bits per heavy atom. The lowest BCUT2D eigenvalue weighted by molar-refractivity contribution is -0.120. The zero-order valence-electron chi connectivity index (χ0n) is 16.1. The maximum atomic E-state index is 12.2. The highest BCUT2D eigenvalue weighted by Crippen LogP contribution is 2.27. The van der Waals surface area contributed by atoms with E-state index in [1.54, 1.807) is 11.4 Å². The monoisotopic (exact) mass is 488 g/mol. The van der Waals surface area contributed by atoms with Crippen molar-refractivity contribution in [3.05, 3.63) is 44.9 Å². The fourth-order valence-electron chi connectivity index (χ4n) is 2.98. The molecule has 0 saturated carbocycles. The summed E-state index contributed by atoms with van der Waals surface area (Å²) in [6.07, 6.45) is 0.0202. The molecule has 2 aromatic rings. The van der Waals surface area contributed by atoms with Gasteiger partial charge in [-0.1, -0.05) is 47.1 Å². The van der Waals surface area contributed by atoms with Crippen LogP contribution in [0.25, 0.3) is 0 Å². The third kappa shape index (κ3) is 7.11. The minimum atomic E-state index is -0.422. The van der Waals surface area contributed by atoms with Gasteiger partial charge in [0.25, 0.3) is 0 Å². The van der Waals surface area contributed by atoms with Gasteiger partial charge < -0.3 is 15.8 Å². The predicted octanol–water partition coefficient (Wildman–Crippen LogP) is 2.59. The van der Waals surface area contributed by atoms with Crippen molar-refractivity contribution in [2.75, 3.05) is 32.0 Å². The van der Waals surface area contributed by atoms with Crippen LogP contribution in [0, 0.1) is 0 Å². The number of rotatable bonds is 9. The van der Waals surface area contributed by atoms with Crippen LogP contribution in [0.3, 0.4) is 0 Å². The normalized spacial score (nSPS) is 17.1. The lowest BCUT2D eigenvalue weighted by atomic mass is 10.2. The highest BCUT2D eigenvalue weighted by atomic mass is 35.5. The lowest BCUT2D eigenvalue weighted by Crippen LogP contribution is -2.47. The smallest absolute Gasteiger partial charge is 0.230 e. The summed E-state index contributed by atoms with van der Waals surface area (Å²) >= 11 is 15.1. The van der Waals surface area contributed by atoms with E-state index >= 15 is 0 Å². The number of thioether (sulfide) groups is 1. The molecular formula is C19H22Cl2N4O3S2. The second-order valence-corrected chi connectivity index (χ2v) is 9.65. The minimum Gasteiger partial charge on any atom is -0.374 e. The van der Waals surface area contributed by atoms with Gasteiger partial charge in [0.15, 0.2) is 4.34 Å². The first-order valence-corrected chi connectivity index (χ1v) is 11.9. The van der Waals surface area contributed by atoms with E-state index in [0.29, 0.717) is 42.0 Å². The van der Waals surface area contributed by atoms with E-state index < -0.39 is 5.91 Å². The number of carbonyl (C=O) groups excluding carboxylic acids is 2. The molecule has 0 bridgehead atoms. The minimum absolute atomic E-state index is 0.0901. The van der Waals surface area contributed by atoms with Crippen LogP contribution < -0.4 is 11.1 Å². The summed E-state index contributed by atoms with van der Waals surface area (Å²) in [6.45, 7) is 3.19. The summed E-state index contributed by atoms with van der Waals surface area (Å²) in [4.78, 5) is 29.6. The van der Waals surface area contributed by atoms with Gasteiger partial charge in [-0.3, -0.25) is 14.5 Å². The molecule has 1 fully saturated rings. The lowest BCUT2D eigenvalue weighted by Gasteiger charge is -2.33. The van der Waals surface area contributed by atoms with E-state index in [1.165, 1.54) is 23.1 Å². The molecule has 0 aliphatic carbocycles. The largest absolute Gasteiger partial charge is 0.374 e. The number of nitrogens with one attached hydrogen (secondary N) is 1. The molecule has 1 atom stereocenters. The van der Waals surface area contributed by atoms with Gasteiger partial charge in [0.05, 0.1) is 40.6 Å². The Labute approximate surface area is 193 Å². The molecule has 7 nitrogen and oxygen atoms in total. The van der Waals surface area contributed by atoms with Gasteiger partial charge in [-0.05, 0) is 11.6 Å². The van der Waals surface area contributed by atoms with Crippen LogP contribution in [0.2, 0.25) is 10.0 Å². The van der Waals surface area contributed by atoms with E-state index in [9.17, 15) is 9.59 Å². The van der Waals surface area contributed by atoms with Crippen LogP contribution in [0.1, 0.15) is 11.3 Å². The molecule has 1 saturated heterocycles. The molecule has 1 unspecified atom stereocenters. The second-order valence-electron chi connectivity index (χ2n) is 6.78. The van der Waals surface area contributed by atoms with Gasteiger partial charge in [-0.25, -0.2) is 4.98 Å². The first-order chi connectivity index (χ1) is 14.4. The number of benzene rings is 1. The molecule has 0 radical (unpaired) electrons. The Kier molecular flexibility index (Phi) is 8.79. The summed E-state index contributed by atoms with van der Waals surface area (Å²) in [5, 5.41) is 5.81. The molecule has 2 heterocycles. The summed E-state index contributed by atoms with van der Waals surface area (Å²) in [7, 11) is 0. The number of morpholine rings is 1. The van der Waals surface area contributed by atoms with Crippen LogP contribution in [0.15, 0.2) is 27.9 Å². The van der Waals surface area contributed by atoms with Crippen LogP contribution in [0.4, 0.5) is 0 Å². The van der Waals surface area contributed by atoms with Crippen molar-refractivity contribution in [1.82, 2.24) is 15.2 Å². The number of aromatic nitrogens is 1. The number of nitrogens with zero attached hydrogens (tertiary/aromatic N) is 2. The number of hydrogen-bond acceptors (Lipinski definition) is 7. The van der Waals surface area contributed by atoms with Crippen molar-refractivity contribution in [1.29, 1.82) is 0 Å². The molecule has 1 aromatic carbocycles.